The fourth-order valence-corrected chi connectivity index (χ4v) is 2.10. The topological polar surface area (TPSA) is 87.7 Å². The number of aromatic hydroxyl groups is 1. The SMILES string of the molecule is Cc1cc(O)ccc1-c1nnc2ccc(C(=O)O)cn12. The summed E-state index contributed by atoms with van der Waals surface area (Å²) in [5, 5.41) is 26.6. The van der Waals surface area contributed by atoms with Crippen LogP contribution in [-0.4, -0.2) is 30.8 Å². The van der Waals surface area contributed by atoms with E-state index in [0.29, 0.717) is 11.5 Å². The first-order valence-electron chi connectivity index (χ1n) is 5.94. The van der Waals surface area contributed by atoms with E-state index in [2.05, 4.69) is 10.2 Å². The molecule has 2 aromatic heterocycles. The molecular formula is C14H11N3O3. The van der Waals surface area contributed by atoms with Crippen LogP contribution in [0.3, 0.4) is 0 Å². The van der Waals surface area contributed by atoms with Gasteiger partial charge in [-0.15, -0.1) is 10.2 Å². The molecule has 0 unspecified atom stereocenters. The lowest BCUT2D eigenvalue weighted by molar-refractivity contribution is 0.0696. The Morgan fingerprint density at radius 3 is 2.70 bits per heavy atom. The van der Waals surface area contributed by atoms with Crippen LogP contribution in [0.15, 0.2) is 36.5 Å². The highest BCUT2D eigenvalue weighted by atomic mass is 16.4. The van der Waals surface area contributed by atoms with Crippen LogP contribution in [0.2, 0.25) is 0 Å². The molecule has 0 saturated carbocycles. The second kappa shape index (κ2) is 4.34. The zero-order valence-corrected chi connectivity index (χ0v) is 10.6. The van der Waals surface area contributed by atoms with Crippen molar-refractivity contribution in [3.8, 4) is 17.1 Å². The first-order valence-corrected chi connectivity index (χ1v) is 5.94. The number of rotatable bonds is 2. The molecule has 6 nitrogen and oxygen atoms in total. The highest BCUT2D eigenvalue weighted by Gasteiger charge is 2.13. The quantitative estimate of drug-likeness (QED) is 0.744. The lowest BCUT2D eigenvalue weighted by Gasteiger charge is -2.05. The van der Waals surface area contributed by atoms with Gasteiger partial charge in [-0.1, -0.05) is 0 Å². The molecular weight excluding hydrogens is 258 g/mol. The number of hydrogen-bond donors (Lipinski definition) is 2. The van der Waals surface area contributed by atoms with Gasteiger partial charge in [0.2, 0.25) is 0 Å². The van der Waals surface area contributed by atoms with Crippen LogP contribution in [0, 0.1) is 6.92 Å². The number of phenols is 1. The van der Waals surface area contributed by atoms with E-state index in [4.69, 9.17) is 5.11 Å². The number of carbonyl (C=O) groups is 1. The number of nitrogens with zero attached hydrogens (tertiary/aromatic N) is 3. The van der Waals surface area contributed by atoms with Crippen LogP contribution in [-0.2, 0) is 0 Å². The van der Waals surface area contributed by atoms with Gasteiger partial charge >= 0.3 is 5.97 Å². The third kappa shape index (κ3) is 1.87. The fraction of sp³-hybridized carbons (Fsp3) is 0.0714. The summed E-state index contributed by atoms with van der Waals surface area (Å²) in [7, 11) is 0. The van der Waals surface area contributed by atoms with Gasteiger partial charge in [-0.2, -0.15) is 0 Å². The van der Waals surface area contributed by atoms with E-state index >= 15 is 0 Å². The maximum absolute atomic E-state index is 11.0. The highest BCUT2D eigenvalue weighted by molar-refractivity contribution is 5.87. The minimum absolute atomic E-state index is 0.162. The molecule has 1 aromatic carbocycles. The van der Waals surface area contributed by atoms with Crippen molar-refractivity contribution in [2.45, 2.75) is 6.92 Å². The number of aromatic nitrogens is 3. The third-order valence-corrected chi connectivity index (χ3v) is 3.10. The Morgan fingerprint density at radius 1 is 1.20 bits per heavy atom. The van der Waals surface area contributed by atoms with Crippen molar-refractivity contribution in [3.63, 3.8) is 0 Å². The predicted octanol–water partition coefficient (Wildman–Crippen LogP) is 2.11. The third-order valence-electron chi connectivity index (χ3n) is 3.10. The van der Waals surface area contributed by atoms with Gasteiger partial charge in [0, 0.05) is 11.8 Å². The molecule has 0 atom stereocenters. The molecule has 0 amide bonds. The van der Waals surface area contributed by atoms with Gasteiger partial charge in [0.05, 0.1) is 5.56 Å². The number of pyridine rings is 1. The molecule has 0 saturated heterocycles. The lowest BCUT2D eigenvalue weighted by Crippen LogP contribution is -2.00. The first kappa shape index (κ1) is 12.2. The first-order chi connectivity index (χ1) is 9.56. The Labute approximate surface area is 113 Å². The average molecular weight is 269 g/mol. The van der Waals surface area contributed by atoms with Crippen LogP contribution in [0.4, 0.5) is 0 Å². The Hall–Kier alpha value is -2.89. The Kier molecular flexibility index (Phi) is 2.64. The van der Waals surface area contributed by atoms with Crippen LogP contribution >= 0.6 is 0 Å². The second-order valence-electron chi connectivity index (χ2n) is 4.47. The largest absolute Gasteiger partial charge is 0.508 e. The minimum Gasteiger partial charge on any atom is -0.508 e. The summed E-state index contributed by atoms with van der Waals surface area (Å²) >= 11 is 0. The van der Waals surface area contributed by atoms with Crippen LogP contribution in [0.25, 0.3) is 17.0 Å². The molecule has 0 spiro atoms. The summed E-state index contributed by atoms with van der Waals surface area (Å²) in [6.45, 7) is 1.84. The number of carboxylic acids is 1. The molecule has 0 fully saturated rings. The van der Waals surface area contributed by atoms with Gasteiger partial charge in [0.25, 0.3) is 0 Å². The van der Waals surface area contributed by atoms with E-state index in [1.165, 1.54) is 12.3 Å². The molecule has 6 heteroatoms. The fourth-order valence-electron chi connectivity index (χ4n) is 2.10. The van der Waals surface area contributed by atoms with Crippen molar-refractivity contribution in [3.05, 3.63) is 47.7 Å². The Bertz CT molecular complexity index is 824. The van der Waals surface area contributed by atoms with Gasteiger partial charge in [-0.05, 0) is 42.8 Å². The summed E-state index contributed by atoms with van der Waals surface area (Å²) in [5.74, 6) is -0.291. The number of hydrogen-bond acceptors (Lipinski definition) is 4. The number of benzene rings is 1. The van der Waals surface area contributed by atoms with Crippen LogP contribution in [0.5, 0.6) is 5.75 Å². The van der Waals surface area contributed by atoms with Gasteiger partial charge in [-0.3, -0.25) is 4.40 Å². The normalized spacial score (nSPS) is 10.8. The maximum Gasteiger partial charge on any atom is 0.337 e. The molecule has 0 aliphatic heterocycles. The Balaban J connectivity index is 2.25. The molecule has 20 heavy (non-hydrogen) atoms. The standard InChI is InChI=1S/C14H11N3O3/c1-8-6-10(18)3-4-11(8)13-16-15-12-5-2-9(14(19)20)7-17(12)13/h2-7,18H,1H3,(H,19,20). The number of fused-ring (bicyclic) bond motifs is 1. The Morgan fingerprint density at radius 2 is 2.00 bits per heavy atom. The summed E-state index contributed by atoms with van der Waals surface area (Å²) in [6.07, 6.45) is 1.49. The van der Waals surface area contributed by atoms with Crippen molar-refractivity contribution in [2.75, 3.05) is 0 Å². The lowest BCUT2D eigenvalue weighted by atomic mass is 10.1. The van der Waals surface area contributed by atoms with E-state index in [1.54, 1.807) is 28.7 Å². The maximum atomic E-state index is 11.0. The molecule has 100 valence electrons. The number of phenolic OH excluding ortho intramolecular Hbond substituents is 1. The van der Waals surface area contributed by atoms with Crippen LogP contribution in [0.1, 0.15) is 15.9 Å². The minimum atomic E-state index is -1.01. The summed E-state index contributed by atoms with van der Waals surface area (Å²) in [5.41, 5.74) is 2.35. The van der Waals surface area contributed by atoms with Gasteiger partial charge in [-0.25, -0.2) is 4.79 Å². The predicted molar refractivity (Wildman–Crippen MR) is 71.8 cm³/mol. The van der Waals surface area contributed by atoms with Crippen molar-refractivity contribution < 1.29 is 15.0 Å². The van der Waals surface area contributed by atoms with E-state index in [0.717, 1.165) is 11.1 Å². The van der Waals surface area contributed by atoms with Crippen molar-refractivity contribution >= 4 is 11.6 Å². The second-order valence-corrected chi connectivity index (χ2v) is 4.47. The number of carboxylic acid groups (broad SMARTS) is 1. The number of aryl methyl sites for hydroxylation is 1. The molecule has 0 radical (unpaired) electrons. The van der Waals surface area contributed by atoms with Crippen molar-refractivity contribution in [2.24, 2.45) is 0 Å². The smallest absolute Gasteiger partial charge is 0.337 e. The van der Waals surface area contributed by atoms with Gasteiger partial charge < -0.3 is 10.2 Å². The van der Waals surface area contributed by atoms with E-state index < -0.39 is 5.97 Å². The monoisotopic (exact) mass is 269 g/mol. The summed E-state index contributed by atoms with van der Waals surface area (Å²) < 4.78 is 1.63. The molecule has 3 rings (SSSR count). The zero-order valence-electron chi connectivity index (χ0n) is 10.6. The van der Waals surface area contributed by atoms with E-state index in [9.17, 15) is 9.90 Å². The van der Waals surface area contributed by atoms with Crippen molar-refractivity contribution in [1.82, 2.24) is 14.6 Å². The van der Waals surface area contributed by atoms with Crippen LogP contribution < -0.4 is 0 Å². The molecule has 0 bridgehead atoms. The zero-order chi connectivity index (χ0) is 14.3. The van der Waals surface area contributed by atoms with Gasteiger partial charge in [0.1, 0.15) is 5.75 Å². The van der Waals surface area contributed by atoms with Crippen molar-refractivity contribution in [1.29, 1.82) is 0 Å². The van der Waals surface area contributed by atoms with E-state index in [-0.39, 0.29) is 11.3 Å². The molecule has 2 N–H and O–H groups in total. The molecule has 3 aromatic rings. The number of aromatic carboxylic acids is 1. The summed E-state index contributed by atoms with van der Waals surface area (Å²) in [4.78, 5) is 11.0. The average Bonchev–Trinajstić information content (AvgIpc) is 2.81. The van der Waals surface area contributed by atoms with E-state index in [1.807, 2.05) is 6.92 Å². The molecule has 0 aliphatic carbocycles. The molecule has 2 heterocycles. The highest BCUT2D eigenvalue weighted by Crippen LogP contribution is 2.25. The summed E-state index contributed by atoms with van der Waals surface area (Å²) in [6, 6.07) is 8.01. The molecule has 0 aliphatic rings. The van der Waals surface area contributed by atoms with Gasteiger partial charge in [0.15, 0.2) is 11.5 Å².